The summed E-state index contributed by atoms with van der Waals surface area (Å²) in [6, 6.07) is 3.55. The lowest BCUT2D eigenvalue weighted by Gasteiger charge is -2.33. The number of methoxy groups -OCH3 is 1. The molecule has 1 unspecified atom stereocenters. The fourth-order valence-corrected chi connectivity index (χ4v) is 3.27. The van der Waals surface area contributed by atoms with Gasteiger partial charge in [-0.05, 0) is 24.8 Å². The predicted molar refractivity (Wildman–Crippen MR) is 94.0 cm³/mol. The molecule has 2 aromatic heterocycles. The van der Waals surface area contributed by atoms with Gasteiger partial charge in [0.25, 0.3) is 0 Å². The lowest BCUT2D eigenvalue weighted by Crippen LogP contribution is -2.28. The van der Waals surface area contributed by atoms with Crippen molar-refractivity contribution in [2.24, 2.45) is 5.92 Å². The second-order valence-electron chi connectivity index (χ2n) is 6.46. The maximum Gasteiger partial charge on any atom is 0.343 e. The van der Waals surface area contributed by atoms with Gasteiger partial charge in [0.15, 0.2) is 5.43 Å². The van der Waals surface area contributed by atoms with Crippen molar-refractivity contribution in [2.75, 3.05) is 13.7 Å². The van der Waals surface area contributed by atoms with Gasteiger partial charge in [-0.15, -0.1) is 0 Å². The summed E-state index contributed by atoms with van der Waals surface area (Å²) >= 11 is 0. The molecular weight excluding hydrogens is 320 g/mol. The Morgan fingerprint density at radius 1 is 1.40 bits per heavy atom. The molecule has 132 valence electrons. The van der Waals surface area contributed by atoms with Gasteiger partial charge in [-0.2, -0.15) is 0 Å². The Labute approximate surface area is 146 Å². The highest BCUT2D eigenvalue weighted by atomic mass is 16.5. The molecule has 0 aromatic carbocycles. The van der Waals surface area contributed by atoms with E-state index in [9.17, 15) is 9.59 Å². The molecule has 2 aromatic rings. The lowest BCUT2D eigenvalue weighted by atomic mass is 9.88. The number of fused-ring (bicyclic) bond motifs is 3. The van der Waals surface area contributed by atoms with Crippen molar-refractivity contribution < 1.29 is 14.3 Å². The highest BCUT2D eigenvalue weighted by Gasteiger charge is 2.28. The predicted octanol–water partition coefficient (Wildman–Crippen LogP) is 2.85. The van der Waals surface area contributed by atoms with E-state index in [1.807, 2.05) is 10.6 Å². The smallest absolute Gasteiger partial charge is 0.343 e. The van der Waals surface area contributed by atoms with Gasteiger partial charge in [-0.25, -0.2) is 9.78 Å². The number of carbonyl (C=O) groups is 1. The zero-order chi connectivity index (χ0) is 18.1. The quantitative estimate of drug-likeness (QED) is 0.799. The van der Waals surface area contributed by atoms with Gasteiger partial charge in [0, 0.05) is 36.1 Å². The van der Waals surface area contributed by atoms with Gasteiger partial charge in [0.05, 0.1) is 19.4 Å². The summed E-state index contributed by atoms with van der Waals surface area (Å²) in [6.45, 7) is 6.21. The van der Waals surface area contributed by atoms with Gasteiger partial charge in [0.2, 0.25) is 5.88 Å². The van der Waals surface area contributed by atoms with Crippen LogP contribution in [0.2, 0.25) is 0 Å². The van der Waals surface area contributed by atoms with Gasteiger partial charge in [-0.3, -0.25) is 4.79 Å². The Balaban J connectivity index is 2.20. The molecule has 3 heterocycles. The van der Waals surface area contributed by atoms with Crippen molar-refractivity contribution in [3.8, 4) is 17.1 Å². The molecule has 0 radical (unpaired) electrons. The fraction of sp³-hybridized carbons (Fsp3) is 0.421. The number of ether oxygens (including phenoxy) is 2. The summed E-state index contributed by atoms with van der Waals surface area (Å²) in [5.74, 6) is 0.299. The summed E-state index contributed by atoms with van der Waals surface area (Å²) in [5, 5.41) is 0. The van der Waals surface area contributed by atoms with Crippen LogP contribution in [0.25, 0.3) is 11.3 Å². The van der Waals surface area contributed by atoms with Crippen molar-refractivity contribution >= 4 is 5.97 Å². The van der Waals surface area contributed by atoms with Crippen molar-refractivity contribution in [3.63, 3.8) is 0 Å². The van der Waals surface area contributed by atoms with E-state index in [-0.39, 0.29) is 23.6 Å². The molecule has 0 saturated carbocycles. The number of rotatable bonds is 4. The van der Waals surface area contributed by atoms with Gasteiger partial charge >= 0.3 is 5.97 Å². The molecule has 0 bridgehead atoms. The first-order valence-electron chi connectivity index (χ1n) is 8.42. The Hall–Kier alpha value is -2.63. The summed E-state index contributed by atoms with van der Waals surface area (Å²) < 4.78 is 12.2. The summed E-state index contributed by atoms with van der Waals surface area (Å²) in [6.07, 6.45) is 4.14. The molecule has 0 aliphatic carbocycles. The molecule has 3 rings (SSSR count). The third kappa shape index (κ3) is 3.04. The zero-order valence-electron chi connectivity index (χ0n) is 14.9. The Bertz CT molecular complexity index is 870. The number of hydrogen-bond acceptors (Lipinski definition) is 5. The summed E-state index contributed by atoms with van der Waals surface area (Å²) in [5.41, 5.74) is 2.49. The number of carbonyl (C=O) groups excluding carboxylic acids is 1. The van der Waals surface area contributed by atoms with E-state index in [0.717, 1.165) is 23.2 Å². The normalized spacial score (nSPS) is 15.5. The van der Waals surface area contributed by atoms with E-state index in [1.54, 1.807) is 26.4 Å². The SMILES string of the molecule is CCOC(=O)c1cn2c(cc1=O)-c1cnc(OC)cc1CC2C(C)C. The van der Waals surface area contributed by atoms with Crippen LogP contribution in [0, 0.1) is 5.92 Å². The van der Waals surface area contributed by atoms with Crippen LogP contribution in [0.3, 0.4) is 0 Å². The number of pyridine rings is 2. The molecule has 25 heavy (non-hydrogen) atoms. The summed E-state index contributed by atoms with van der Waals surface area (Å²) in [7, 11) is 1.58. The molecular formula is C19H22N2O4. The van der Waals surface area contributed by atoms with Crippen molar-refractivity contribution in [2.45, 2.75) is 33.2 Å². The average molecular weight is 342 g/mol. The maximum atomic E-state index is 12.5. The van der Waals surface area contributed by atoms with E-state index in [4.69, 9.17) is 9.47 Å². The standard InChI is InChI=1S/C19H22N2O4/c1-5-25-19(23)14-10-21-15(11(2)3)6-12-7-18(24-4)20-9-13(12)16(21)8-17(14)22/h7-11,15H,5-6H2,1-4H3. The first-order chi connectivity index (χ1) is 12.0. The lowest BCUT2D eigenvalue weighted by molar-refractivity contribution is 0.0523. The minimum Gasteiger partial charge on any atom is -0.481 e. The molecule has 0 spiro atoms. The second kappa shape index (κ2) is 6.70. The first-order valence-corrected chi connectivity index (χ1v) is 8.42. The van der Waals surface area contributed by atoms with Crippen LogP contribution in [0.1, 0.15) is 42.7 Å². The monoisotopic (exact) mass is 342 g/mol. The Morgan fingerprint density at radius 2 is 2.16 bits per heavy atom. The molecule has 0 saturated heterocycles. The van der Waals surface area contributed by atoms with Crippen LogP contribution in [0.15, 0.2) is 29.3 Å². The number of hydrogen-bond donors (Lipinski definition) is 0. The van der Waals surface area contributed by atoms with Crippen LogP contribution in [-0.4, -0.2) is 29.2 Å². The number of esters is 1. The van der Waals surface area contributed by atoms with E-state index in [2.05, 4.69) is 18.8 Å². The van der Waals surface area contributed by atoms with Crippen LogP contribution in [-0.2, 0) is 11.2 Å². The molecule has 0 fully saturated rings. The van der Waals surface area contributed by atoms with Gasteiger partial charge < -0.3 is 14.0 Å². The highest BCUT2D eigenvalue weighted by molar-refractivity contribution is 5.89. The van der Waals surface area contributed by atoms with E-state index < -0.39 is 5.97 Å². The number of nitrogens with zero attached hydrogens (tertiary/aromatic N) is 2. The topological polar surface area (TPSA) is 70.4 Å². The van der Waals surface area contributed by atoms with Crippen LogP contribution >= 0.6 is 0 Å². The minimum atomic E-state index is -0.580. The average Bonchev–Trinajstić information content (AvgIpc) is 2.59. The molecule has 6 nitrogen and oxygen atoms in total. The second-order valence-corrected chi connectivity index (χ2v) is 6.46. The Kier molecular flexibility index (Phi) is 4.61. The van der Waals surface area contributed by atoms with Gasteiger partial charge in [-0.1, -0.05) is 13.8 Å². The fourth-order valence-electron chi connectivity index (χ4n) is 3.27. The summed E-state index contributed by atoms with van der Waals surface area (Å²) in [4.78, 5) is 28.8. The van der Waals surface area contributed by atoms with Crippen molar-refractivity contribution in [1.82, 2.24) is 9.55 Å². The third-order valence-electron chi connectivity index (χ3n) is 4.58. The molecule has 1 aliphatic rings. The van der Waals surface area contributed by atoms with Crippen LogP contribution in [0.5, 0.6) is 5.88 Å². The zero-order valence-corrected chi connectivity index (χ0v) is 14.9. The largest absolute Gasteiger partial charge is 0.481 e. The van der Waals surface area contributed by atoms with E-state index in [1.165, 1.54) is 6.07 Å². The molecule has 0 amide bonds. The minimum absolute atomic E-state index is 0.0705. The molecule has 1 atom stereocenters. The van der Waals surface area contributed by atoms with Crippen molar-refractivity contribution in [1.29, 1.82) is 0 Å². The van der Waals surface area contributed by atoms with Crippen LogP contribution < -0.4 is 10.2 Å². The van der Waals surface area contributed by atoms with Crippen LogP contribution in [0.4, 0.5) is 0 Å². The maximum absolute atomic E-state index is 12.5. The van der Waals surface area contributed by atoms with Gasteiger partial charge in [0.1, 0.15) is 5.56 Å². The first kappa shape index (κ1) is 17.2. The van der Waals surface area contributed by atoms with E-state index in [0.29, 0.717) is 11.8 Å². The Morgan fingerprint density at radius 3 is 2.80 bits per heavy atom. The number of aromatic nitrogens is 2. The van der Waals surface area contributed by atoms with Crippen molar-refractivity contribution in [3.05, 3.63) is 45.9 Å². The highest BCUT2D eigenvalue weighted by Crippen LogP contribution is 2.37. The molecule has 0 N–H and O–H groups in total. The third-order valence-corrected chi connectivity index (χ3v) is 4.58. The molecule has 1 aliphatic heterocycles. The molecule has 6 heteroatoms. The van der Waals surface area contributed by atoms with E-state index >= 15 is 0 Å².